The molecule has 0 spiro atoms. The maximum absolute atomic E-state index is 3.51. The zero-order valence-corrected chi connectivity index (χ0v) is 11.6. The molecule has 1 aliphatic carbocycles. The van der Waals surface area contributed by atoms with E-state index in [1.54, 1.807) is 0 Å². The van der Waals surface area contributed by atoms with Crippen LogP contribution in [0.25, 0.3) is 0 Å². The van der Waals surface area contributed by atoms with Crippen LogP contribution in [0.1, 0.15) is 19.3 Å². The predicted molar refractivity (Wildman–Crippen MR) is 75.1 cm³/mol. The van der Waals surface area contributed by atoms with Crippen molar-refractivity contribution in [3.8, 4) is 0 Å². The summed E-state index contributed by atoms with van der Waals surface area (Å²) >= 11 is 0. The summed E-state index contributed by atoms with van der Waals surface area (Å²) in [6.45, 7) is 4.55. The lowest BCUT2D eigenvalue weighted by atomic mass is 10.1. The van der Waals surface area contributed by atoms with Crippen molar-refractivity contribution in [3.05, 3.63) is 23.9 Å². The Bertz CT molecular complexity index is 256. The van der Waals surface area contributed by atoms with Crippen LogP contribution < -0.4 is 5.32 Å². The molecule has 0 saturated carbocycles. The minimum Gasteiger partial charge on any atom is -0.388 e. The zero-order valence-electron chi connectivity index (χ0n) is 11.6. The largest absolute Gasteiger partial charge is 0.388 e. The third kappa shape index (κ3) is 7.18. The van der Waals surface area contributed by atoms with E-state index in [0.29, 0.717) is 0 Å². The molecule has 1 rings (SSSR count). The van der Waals surface area contributed by atoms with Crippen molar-refractivity contribution < 1.29 is 0 Å². The standard InChI is InChI=1S/C14H27N3/c1-16(2)12-13-17(3)11-7-10-15-14-8-5-4-6-9-14/h4-5,8,15H,6-7,9-13H2,1-3H3. The minimum absolute atomic E-state index is 1.09. The second kappa shape index (κ2) is 8.31. The molecule has 0 heterocycles. The van der Waals surface area contributed by atoms with E-state index >= 15 is 0 Å². The number of nitrogens with one attached hydrogen (secondary N) is 1. The first kappa shape index (κ1) is 14.3. The van der Waals surface area contributed by atoms with Gasteiger partial charge in [-0.3, -0.25) is 0 Å². The lowest BCUT2D eigenvalue weighted by Crippen LogP contribution is -2.30. The van der Waals surface area contributed by atoms with Gasteiger partial charge in [0.15, 0.2) is 0 Å². The molecule has 3 nitrogen and oxygen atoms in total. The Kier molecular flexibility index (Phi) is 6.97. The first-order chi connectivity index (χ1) is 8.18. The van der Waals surface area contributed by atoms with Gasteiger partial charge < -0.3 is 15.1 Å². The Morgan fingerprint density at radius 1 is 1.18 bits per heavy atom. The maximum atomic E-state index is 3.51. The van der Waals surface area contributed by atoms with Gasteiger partial charge in [-0.05, 0) is 53.0 Å². The van der Waals surface area contributed by atoms with Crippen LogP contribution in [0.4, 0.5) is 0 Å². The lowest BCUT2D eigenvalue weighted by Gasteiger charge is -2.19. The van der Waals surface area contributed by atoms with E-state index in [4.69, 9.17) is 0 Å². The molecule has 98 valence electrons. The Morgan fingerprint density at radius 3 is 2.65 bits per heavy atom. The number of likely N-dealkylation sites (N-methyl/N-ethyl adjacent to an activating group) is 2. The lowest BCUT2D eigenvalue weighted by molar-refractivity contribution is 0.279. The van der Waals surface area contributed by atoms with Gasteiger partial charge in [0.2, 0.25) is 0 Å². The molecule has 0 unspecified atom stereocenters. The quantitative estimate of drug-likeness (QED) is 0.648. The molecule has 1 aliphatic rings. The molecule has 0 fully saturated rings. The third-order valence-corrected chi connectivity index (χ3v) is 3.01. The highest BCUT2D eigenvalue weighted by atomic mass is 15.1. The fraction of sp³-hybridized carbons (Fsp3) is 0.714. The molecule has 0 aromatic rings. The number of hydrogen-bond donors (Lipinski definition) is 1. The van der Waals surface area contributed by atoms with E-state index in [1.165, 1.54) is 31.5 Å². The molecular formula is C14H27N3. The minimum atomic E-state index is 1.09. The van der Waals surface area contributed by atoms with Gasteiger partial charge in [0.1, 0.15) is 0 Å². The third-order valence-electron chi connectivity index (χ3n) is 3.01. The van der Waals surface area contributed by atoms with E-state index in [0.717, 1.165) is 19.6 Å². The first-order valence-corrected chi connectivity index (χ1v) is 6.61. The van der Waals surface area contributed by atoms with Crippen LogP contribution in [0.15, 0.2) is 23.9 Å². The highest BCUT2D eigenvalue weighted by molar-refractivity contribution is 5.15. The normalized spacial score (nSPS) is 15.5. The average molecular weight is 237 g/mol. The van der Waals surface area contributed by atoms with Crippen molar-refractivity contribution in [1.82, 2.24) is 15.1 Å². The van der Waals surface area contributed by atoms with Crippen LogP contribution in [0.3, 0.4) is 0 Å². The van der Waals surface area contributed by atoms with Crippen LogP contribution in [0.2, 0.25) is 0 Å². The van der Waals surface area contributed by atoms with Crippen molar-refractivity contribution in [2.45, 2.75) is 19.3 Å². The summed E-state index contributed by atoms with van der Waals surface area (Å²) in [6, 6.07) is 0. The smallest absolute Gasteiger partial charge is 0.0156 e. The average Bonchev–Trinajstić information content (AvgIpc) is 2.33. The van der Waals surface area contributed by atoms with Gasteiger partial charge in [0.05, 0.1) is 0 Å². The van der Waals surface area contributed by atoms with Gasteiger partial charge in [-0.2, -0.15) is 0 Å². The predicted octanol–water partition coefficient (Wildman–Crippen LogP) is 1.69. The molecule has 3 heteroatoms. The Labute approximate surface area is 106 Å². The number of nitrogens with zero attached hydrogens (tertiary/aromatic N) is 2. The molecule has 0 bridgehead atoms. The van der Waals surface area contributed by atoms with Gasteiger partial charge in [0.25, 0.3) is 0 Å². The van der Waals surface area contributed by atoms with Crippen molar-refractivity contribution >= 4 is 0 Å². The molecule has 1 N–H and O–H groups in total. The van der Waals surface area contributed by atoms with E-state index in [1.807, 2.05) is 0 Å². The highest BCUT2D eigenvalue weighted by Crippen LogP contribution is 2.08. The van der Waals surface area contributed by atoms with E-state index in [-0.39, 0.29) is 0 Å². The van der Waals surface area contributed by atoms with Gasteiger partial charge in [-0.15, -0.1) is 0 Å². The second-order valence-electron chi connectivity index (χ2n) is 5.05. The van der Waals surface area contributed by atoms with Crippen LogP contribution >= 0.6 is 0 Å². The number of hydrogen-bond acceptors (Lipinski definition) is 3. The molecule has 0 aliphatic heterocycles. The highest BCUT2D eigenvalue weighted by Gasteiger charge is 2.00. The molecule has 0 amide bonds. The molecule has 0 saturated heterocycles. The van der Waals surface area contributed by atoms with Crippen LogP contribution in [0.5, 0.6) is 0 Å². The van der Waals surface area contributed by atoms with Gasteiger partial charge in [-0.25, -0.2) is 0 Å². The van der Waals surface area contributed by atoms with Gasteiger partial charge >= 0.3 is 0 Å². The number of allylic oxidation sites excluding steroid dienone is 4. The van der Waals surface area contributed by atoms with Crippen molar-refractivity contribution in [2.75, 3.05) is 47.3 Å². The van der Waals surface area contributed by atoms with Gasteiger partial charge in [0, 0.05) is 25.3 Å². The summed E-state index contributed by atoms with van der Waals surface area (Å²) in [5.74, 6) is 0. The maximum Gasteiger partial charge on any atom is 0.0156 e. The zero-order chi connectivity index (χ0) is 12.5. The fourth-order valence-corrected chi connectivity index (χ4v) is 1.83. The SMILES string of the molecule is CN(C)CCN(C)CCCNC1=CC=CCC1. The molecular weight excluding hydrogens is 210 g/mol. The van der Waals surface area contributed by atoms with Crippen molar-refractivity contribution in [2.24, 2.45) is 0 Å². The van der Waals surface area contributed by atoms with Crippen molar-refractivity contribution in [1.29, 1.82) is 0 Å². The summed E-state index contributed by atoms with van der Waals surface area (Å²) < 4.78 is 0. The van der Waals surface area contributed by atoms with Crippen LogP contribution in [-0.2, 0) is 0 Å². The summed E-state index contributed by atoms with van der Waals surface area (Å²) in [6.07, 6.45) is 10.1. The Morgan fingerprint density at radius 2 is 2.00 bits per heavy atom. The molecule has 17 heavy (non-hydrogen) atoms. The van der Waals surface area contributed by atoms with Crippen LogP contribution in [-0.4, -0.2) is 57.1 Å². The topological polar surface area (TPSA) is 18.5 Å². The summed E-state index contributed by atoms with van der Waals surface area (Å²) in [7, 11) is 6.45. The van der Waals surface area contributed by atoms with Crippen molar-refractivity contribution in [3.63, 3.8) is 0 Å². The Hall–Kier alpha value is -0.800. The summed E-state index contributed by atoms with van der Waals surface area (Å²) in [4.78, 5) is 4.63. The molecule has 0 aromatic heterocycles. The fourth-order valence-electron chi connectivity index (χ4n) is 1.83. The van der Waals surface area contributed by atoms with E-state index in [9.17, 15) is 0 Å². The van der Waals surface area contributed by atoms with E-state index in [2.05, 4.69) is 54.5 Å². The van der Waals surface area contributed by atoms with Crippen LogP contribution in [0, 0.1) is 0 Å². The second-order valence-corrected chi connectivity index (χ2v) is 5.05. The van der Waals surface area contributed by atoms with Gasteiger partial charge in [-0.1, -0.05) is 12.2 Å². The monoisotopic (exact) mass is 237 g/mol. The molecule has 0 radical (unpaired) electrons. The molecule has 0 atom stereocenters. The Balaban J connectivity index is 1.99. The summed E-state index contributed by atoms with van der Waals surface area (Å²) in [5.41, 5.74) is 1.39. The molecule has 0 aromatic carbocycles. The number of rotatable bonds is 8. The first-order valence-electron chi connectivity index (χ1n) is 6.61. The van der Waals surface area contributed by atoms with E-state index < -0.39 is 0 Å². The summed E-state index contributed by atoms with van der Waals surface area (Å²) in [5, 5.41) is 3.51.